The first-order valence-corrected chi connectivity index (χ1v) is 25.5. The molecule has 0 spiro atoms. The van der Waals surface area contributed by atoms with E-state index in [1.54, 1.807) is 0 Å². The molecule has 0 aromatic heterocycles. The van der Waals surface area contributed by atoms with Crippen LogP contribution >= 0.6 is 0 Å². The molecule has 1 aliphatic carbocycles. The van der Waals surface area contributed by atoms with Crippen LogP contribution < -0.4 is 20.7 Å². The number of benzene rings is 4. The van der Waals surface area contributed by atoms with Crippen LogP contribution in [0.4, 0.5) is 0 Å². The second-order valence-corrected chi connectivity index (χ2v) is 31.3. The van der Waals surface area contributed by atoms with Crippen molar-refractivity contribution in [3.8, 4) is 0 Å². The van der Waals surface area contributed by atoms with Crippen molar-refractivity contribution in [2.45, 2.75) is 122 Å². The van der Waals surface area contributed by atoms with Crippen molar-refractivity contribution in [2.24, 2.45) is 0 Å². The molecular weight excluding hydrogens is 673 g/mol. The molecule has 1 aliphatic rings. The van der Waals surface area contributed by atoms with E-state index in [2.05, 4.69) is 197 Å². The van der Waals surface area contributed by atoms with Gasteiger partial charge in [0.2, 0.25) is 0 Å². The first kappa shape index (κ1) is 39.4. The van der Waals surface area contributed by atoms with Crippen LogP contribution in [0.2, 0.25) is 28.2 Å². The van der Waals surface area contributed by atoms with Gasteiger partial charge in [0.15, 0.2) is 8.32 Å². The zero-order valence-corrected chi connectivity index (χ0v) is 36.1. The van der Waals surface area contributed by atoms with Gasteiger partial charge in [-0.15, -0.1) is 0 Å². The molecule has 0 N–H and O–H groups in total. The largest absolute Gasteiger partial charge is 0.414 e. The highest BCUT2D eigenvalue weighted by atomic mass is 28.4. The summed E-state index contributed by atoms with van der Waals surface area (Å²) < 4.78 is 23.2. The predicted octanol–water partition coefficient (Wildman–Crippen LogP) is 9.62. The standard InChI is InChI=1S/C45H62O3Si3/c1-35-41(47-50(44(5,6)7,37-25-17-13-18-26-37)38-27-19-14-20-28-38)33-36(46-49(11,12)43(2,3)4)34-42(35)48-51(45(8,9)10,39-29-21-15-22-30-39)40-31-23-16-24-32-40/h13-32,36,41-42H,1,33-34H2,2-12H3/t41-,42-/m1/s1. The van der Waals surface area contributed by atoms with Crippen molar-refractivity contribution < 1.29 is 13.3 Å². The van der Waals surface area contributed by atoms with E-state index in [-0.39, 0.29) is 33.4 Å². The van der Waals surface area contributed by atoms with Crippen molar-refractivity contribution >= 4 is 45.7 Å². The summed E-state index contributed by atoms with van der Waals surface area (Å²) in [5.74, 6) is 0. The first-order chi connectivity index (χ1) is 23.8. The molecule has 0 unspecified atom stereocenters. The van der Waals surface area contributed by atoms with E-state index in [9.17, 15) is 0 Å². The maximum Gasteiger partial charge on any atom is 0.261 e. The lowest BCUT2D eigenvalue weighted by Gasteiger charge is -2.51. The monoisotopic (exact) mass is 734 g/mol. The van der Waals surface area contributed by atoms with Gasteiger partial charge in [-0.05, 0) is 54.5 Å². The molecule has 1 saturated carbocycles. The maximum atomic E-state index is 7.91. The van der Waals surface area contributed by atoms with E-state index >= 15 is 0 Å². The van der Waals surface area contributed by atoms with Crippen LogP contribution in [0.1, 0.15) is 75.2 Å². The Bertz CT molecular complexity index is 1530. The third-order valence-electron chi connectivity index (χ3n) is 11.5. The van der Waals surface area contributed by atoms with Gasteiger partial charge in [0.05, 0.1) is 18.3 Å². The van der Waals surface area contributed by atoms with E-state index in [4.69, 9.17) is 19.9 Å². The summed E-state index contributed by atoms with van der Waals surface area (Å²) in [5, 5.41) is 4.82. The van der Waals surface area contributed by atoms with Crippen LogP contribution in [0, 0.1) is 0 Å². The van der Waals surface area contributed by atoms with Gasteiger partial charge in [0, 0.05) is 12.8 Å². The summed E-state index contributed by atoms with van der Waals surface area (Å²) >= 11 is 0. The van der Waals surface area contributed by atoms with Crippen LogP contribution in [-0.2, 0) is 13.3 Å². The van der Waals surface area contributed by atoms with E-state index < -0.39 is 25.0 Å². The minimum Gasteiger partial charge on any atom is -0.414 e. The van der Waals surface area contributed by atoms with Gasteiger partial charge in [0.25, 0.3) is 16.6 Å². The van der Waals surface area contributed by atoms with Gasteiger partial charge in [-0.2, -0.15) is 0 Å². The van der Waals surface area contributed by atoms with Gasteiger partial charge in [-0.3, -0.25) is 0 Å². The summed E-state index contributed by atoms with van der Waals surface area (Å²) in [6, 6.07) is 43.9. The molecule has 0 heterocycles. The van der Waals surface area contributed by atoms with Crippen molar-refractivity contribution in [2.75, 3.05) is 0 Å². The molecule has 0 radical (unpaired) electrons. The molecule has 6 heteroatoms. The van der Waals surface area contributed by atoms with Gasteiger partial charge in [-0.25, -0.2) is 0 Å². The Morgan fingerprint density at radius 1 is 0.451 bits per heavy atom. The van der Waals surface area contributed by atoms with Gasteiger partial charge >= 0.3 is 0 Å². The molecule has 1 fully saturated rings. The molecule has 51 heavy (non-hydrogen) atoms. The molecule has 0 aliphatic heterocycles. The van der Waals surface area contributed by atoms with Gasteiger partial charge in [0.1, 0.15) is 0 Å². The molecule has 272 valence electrons. The Kier molecular flexibility index (Phi) is 11.5. The van der Waals surface area contributed by atoms with Crippen LogP contribution in [0.3, 0.4) is 0 Å². The van der Waals surface area contributed by atoms with E-state index in [0.29, 0.717) is 0 Å². The number of rotatable bonds is 10. The Morgan fingerprint density at radius 3 is 0.961 bits per heavy atom. The second kappa shape index (κ2) is 14.9. The SMILES string of the molecule is C=C1[C@H](O[Si](c2ccccc2)(c2ccccc2)C(C)(C)C)CC(O[Si](C)(C)C(C)(C)C)C[C@H]1O[Si](c1ccccc1)(c1ccccc1)C(C)(C)C. The number of hydrogen-bond donors (Lipinski definition) is 0. The van der Waals surface area contributed by atoms with Crippen LogP contribution in [0.15, 0.2) is 133 Å². The fraction of sp³-hybridized carbons (Fsp3) is 0.422. The molecule has 3 nitrogen and oxygen atoms in total. The average molecular weight is 735 g/mol. The maximum absolute atomic E-state index is 7.91. The van der Waals surface area contributed by atoms with Crippen LogP contribution in [0.5, 0.6) is 0 Å². The lowest BCUT2D eigenvalue weighted by molar-refractivity contribution is 0.0335. The van der Waals surface area contributed by atoms with Gasteiger partial charge in [-0.1, -0.05) is 190 Å². The Hall–Kier alpha value is -2.85. The van der Waals surface area contributed by atoms with Crippen molar-refractivity contribution in [3.63, 3.8) is 0 Å². The van der Waals surface area contributed by atoms with Crippen LogP contribution in [-0.4, -0.2) is 43.3 Å². The molecule has 2 atom stereocenters. The van der Waals surface area contributed by atoms with E-state index in [1.807, 2.05) is 0 Å². The molecule has 0 saturated heterocycles. The zero-order valence-electron chi connectivity index (χ0n) is 33.1. The van der Waals surface area contributed by atoms with E-state index in [0.717, 1.165) is 18.4 Å². The third-order valence-corrected chi connectivity index (χ3v) is 26.1. The lowest BCUT2D eigenvalue weighted by atomic mass is 9.89. The highest BCUT2D eigenvalue weighted by Gasteiger charge is 2.56. The fourth-order valence-electron chi connectivity index (χ4n) is 7.83. The molecular formula is C45H62O3Si3. The summed E-state index contributed by atoms with van der Waals surface area (Å²) in [4.78, 5) is 0. The second-order valence-electron chi connectivity index (χ2n) is 18.1. The third kappa shape index (κ3) is 7.78. The number of hydrogen-bond acceptors (Lipinski definition) is 3. The minimum absolute atomic E-state index is 0.0252. The van der Waals surface area contributed by atoms with Crippen molar-refractivity contribution in [1.82, 2.24) is 0 Å². The minimum atomic E-state index is -2.91. The highest BCUT2D eigenvalue weighted by molar-refractivity contribution is 7.00. The lowest BCUT2D eigenvalue weighted by Crippen LogP contribution is -2.70. The average Bonchev–Trinajstić information content (AvgIpc) is 3.07. The molecule has 4 aromatic carbocycles. The molecule has 0 bridgehead atoms. The van der Waals surface area contributed by atoms with Crippen LogP contribution in [0.25, 0.3) is 0 Å². The molecule has 0 amide bonds. The van der Waals surface area contributed by atoms with Crippen molar-refractivity contribution in [1.29, 1.82) is 0 Å². The molecule has 4 aromatic rings. The normalized spacial score (nSPS) is 19.6. The quantitative estimate of drug-likeness (QED) is 0.120. The predicted molar refractivity (Wildman–Crippen MR) is 225 cm³/mol. The topological polar surface area (TPSA) is 27.7 Å². The van der Waals surface area contributed by atoms with Gasteiger partial charge < -0.3 is 13.3 Å². The smallest absolute Gasteiger partial charge is 0.261 e. The summed E-state index contributed by atoms with van der Waals surface area (Å²) in [6.07, 6.45) is 1.00. The molecule has 5 rings (SSSR count). The Balaban J connectivity index is 1.69. The van der Waals surface area contributed by atoms with E-state index in [1.165, 1.54) is 20.7 Å². The summed E-state index contributed by atoms with van der Waals surface area (Å²) in [7, 11) is -7.95. The highest BCUT2D eigenvalue weighted by Crippen LogP contribution is 2.46. The fourth-order valence-corrected chi connectivity index (χ4v) is 18.6. The summed E-state index contributed by atoms with van der Waals surface area (Å²) in [6.45, 7) is 30.7. The Morgan fingerprint density at radius 2 is 0.725 bits per heavy atom. The zero-order chi connectivity index (χ0) is 37.3. The Labute approximate surface area is 312 Å². The van der Waals surface area contributed by atoms with Crippen molar-refractivity contribution in [3.05, 3.63) is 133 Å². The first-order valence-electron chi connectivity index (χ1n) is 18.8. The summed E-state index contributed by atoms with van der Waals surface area (Å²) in [5.41, 5.74) is 1.03.